The van der Waals surface area contributed by atoms with Crippen LogP contribution in [0, 0.1) is 5.92 Å². The van der Waals surface area contributed by atoms with E-state index in [-0.39, 0.29) is 18.3 Å². The van der Waals surface area contributed by atoms with E-state index in [0.717, 1.165) is 36.6 Å². The molecular weight excluding hydrogens is 406 g/mol. The van der Waals surface area contributed by atoms with Gasteiger partial charge >= 0.3 is 0 Å². The largest absolute Gasteiger partial charge is 0.494 e. The highest BCUT2D eigenvalue weighted by Gasteiger charge is 2.23. The summed E-state index contributed by atoms with van der Waals surface area (Å²) in [6.07, 6.45) is 3.01. The minimum absolute atomic E-state index is 0.101. The van der Waals surface area contributed by atoms with Gasteiger partial charge in [-0.3, -0.25) is 9.48 Å². The molecule has 0 spiro atoms. The van der Waals surface area contributed by atoms with Crippen molar-refractivity contribution < 1.29 is 23.4 Å². The first-order valence-electron chi connectivity index (χ1n) is 10.2. The Morgan fingerprint density at radius 2 is 2.06 bits per heavy atom. The Bertz CT molecular complexity index is 1080. The summed E-state index contributed by atoms with van der Waals surface area (Å²) in [5.41, 5.74) is 0.591. The molecule has 7 nitrogen and oxygen atoms in total. The molecule has 0 bridgehead atoms. The lowest BCUT2D eigenvalue weighted by atomic mass is 9.87. The number of alkyl halides is 2. The van der Waals surface area contributed by atoms with Gasteiger partial charge in [-0.25, -0.2) is 13.8 Å². The number of aliphatic hydroxyl groups is 1. The van der Waals surface area contributed by atoms with Gasteiger partial charge in [0.15, 0.2) is 0 Å². The van der Waals surface area contributed by atoms with Crippen molar-refractivity contribution >= 4 is 22.5 Å². The summed E-state index contributed by atoms with van der Waals surface area (Å²) in [6, 6.07) is 7.69. The molecule has 1 aromatic carbocycles. The Balaban J connectivity index is 1.58. The van der Waals surface area contributed by atoms with Crippen LogP contribution in [0.5, 0.6) is 5.75 Å². The van der Waals surface area contributed by atoms with E-state index < -0.39 is 18.0 Å². The van der Waals surface area contributed by atoms with Crippen LogP contribution in [0.4, 0.5) is 14.5 Å². The van der Waals surface area contributed by atoms with Gasteiger partial charge < -0.3 is 15.2 Å². The van der Waals surface area contributed by atoms with Gasteiger partial charge in [-0.1, -0.05) is 6.07 Å². The fourth-order valence-corrected chi connectivity index (χ4v) is 4.00. The molecule has 1 fully saturated rings. The van der Waals surface area contributed by atoms with E-state index in [9.17, 15) is 18.7 Å². The van der Waals surface area contributed by atoms with E-state index in [1.54, 1.807) is 12.1 Å². The van der Waals surface area contributed by atoms with Crippen molar-refractivity contribution in [3.8, 4) is 5.75 Å². The third-order valence-corrected chi connectivity index (χ3v) is 5.77. The Morgan fingerprint density at radius 3 is 2.74 bits per heavy atom. The number of aromatic nitrogens is 3. The van der Waals surface area contributed by atoms with Crippen LogP contribution in [0.1, 0.15) is 54.3 Å². The third-order valence-electron chi connectivity index (χ3n) is 5.77. The van der Waals surface area contributed by atoms with Crippen molar-refractivity contribution in [2.75, 3.05) is 19.0 Å². The molecule has 1 amide bonds. The van der Waals surface area contributed by atoms with Crippen LogP contribution in [0.15, 0.2) is 36.5 Å². The van der Waals surface area contributed by atoms with Gasteiger partial charge in [0.2, 0.25) is 0 Å². The number of aliphatic hydroxyl groups excluding tert-OH is 1. The number of carbonyl (C=O) groups is 1. The van der Waals surface area contributed by atoms with Crippen LogP contribution in [0.2, 0.25) is 0 Å². The zero-order valence-corrected chi connectivity index (χ0v) is 17.1. The van der Waals surface area contributed by atoms with Gasteiger partial charge in [0.1, 0.15) is 17.1 Å². The van der Waals surface area contributed by atoms with Crippen LogP contribution in [-0.2, 0) is 0 Å². The predicted molar refractivity (Wildman–Crippen MR) is 112 cm³/mol. The summed E-state index contributed by atoms with van der Waals surface area (Å²) in [5.74, 6) is 0.176. The van der Waals surface area contributed by atoms with E-state index >= 15 is 0 Å². The van der Waals surface area contributed by atoms with Gasteiger partial charge in [0.25, 0.3) is 12.3 Å². The quantitative estimate of drug-likeness (QED) is 0.607. The van der Waals surface area contributed by atoms with Crippen molar-refractivity contribution in [2.45, 2.75) is 38.2 Å². The van der Waals surface area contributed by atoms with Crippen molar-refractivity contribution in [1.82, 2.24) is 14.8 Å². The summed E-state index contributed by atoms with van der Waals surface area (Å²) in [5, 5.41) is 17.5. The SMILES string of the molecule is COc1cc2nn(C3CCC(CO)CC3)cc2cc1NC(=O)c1cccc(C(F)F)n1. The number of benzene rings is 1. The Morgan fingerprint density at radius 1 is 1.29 bits per heavy atom. The second-order valence-electron chi connectivity index (χ2n) is 7.78. The van der Waals surface area contributed by atoms with Crippen molar-refractivity contribution in [3.05, 3.63) is 47.9 Å². The average molecular weight is 430 g/mol. The van der Waals surface area contributed by atoms with Crippen LogP contribution >= 0.6 is 0 Å². The molecule has 9 heteroatoms. The molecule has 0 radical (unpaired) electrons. The highest BCUT2D eigenvalue weighted by molar-refractivity contribution is 6.05. The van der Waals surface area contributed by atoms with Crippen LogP contribution < -0.4 is 10.1 Å². The molecule has 0 aliphatic heterocycles. The number of pyridine rings is 1. The fourth-order valence-electron chi connectivity index (χ4n) is 4.00. The van der Waals surface area contributed by atoms with Gasteiger partial charge in [0, 0.05) is 24.3 Å². The number of fused-ring (bicyclic) bond motifs is 1. The smallest absolute Gasteiger partial charge is 0.280 e. The fraction of sp³-hybridized carbons (Fsp3) is 0.409. The molecule has 0 atom stereocenters. The van der Waals surface area contributed by atoms with E-state index in [2.05, 4.69) is 15.4 Å². The van der Waals surface area contributed by atoms with Crippen LogP contribution in [0.25, 0.3) is 10.9 Å². The van der Waals surface area contributed by atoms with Gasteiger partial charge in [-0.05, 0) is 49.8 Å². The van der Waals surface area contributed by atoms with Gasteiger partial charge in [0.05, 0.1) is 24.4 Å². The number of methoxy groups -OCH3 is 1. The van der Waals surface area contributed by atoms with E-state index in [1.807, 2.05) is 10.9 Å². The zero-order valence-electron chi connectivity index (χ0n) is 17.1. The van der Waals surface area contributed by atoms with Gasteiger partial charge in [-0.2, -0.15) is 5.10 Å². The maximum atomic E-state index is 12.9. The number of anilines is 1. The molecule has 164 valence electrons. The summed E-state index contributed by atoms with van der Waals surface area (Å²) in [6.45, 7) is 0.225. The van der Waals surface area contributed by atoms with Crippen molar-refractivity contribution in [2.24, 2.45) is 5.92 Å². The maximum Gasteiger partial charge on any atom is 0.280 e. The molecule has 1 aliphatic carbocycles. The lowest BCUT2D eigenvalue weighted by Crippen LogP contribution is -2.20. The number of nitrogens with zero attached hydrogens (tertiary/aromatic N) is 3. The molecular formula is C22H24F2N4O3. The first-order chi connectivity index (χ1) is 15.0. The number of nitrogens with one attached hydrogen (secondary N) is 1. The second kappa shape index (κ2) is 8.97. The molecule has 3 aromatic rings. The number of amides is 1. The molecule has 2 aromatic heterocycles. The molecule has 1 saturated carbocycles. The first-order valence-corrected chi connectivity index (χ1v) is 10.2. The average Bonchev–Trinajstić information content (AvgIpc) is 3.21. The summed E-state index contributed by atoms with van der Waals surface area (Å²) in [4.78, 5) is 16.3. The Hall–Kier alpha value is -3.07. The highest BCUT2D eigenvalue weighted by Crippen LogP contribution is 2.35. The maximum absolute atomic E-state index is 12.9. The molecule has 2 N–H and O–H groups in total. The number of halogens is 2. The standard InChI is InChI=1S/C22H24F2N4O3/c1-31-20-10-18-14(11-28(27-18)15-7-5-13(12-29)6-8-15)9-19(20)26-22(30)17-4-2-3-16(25-17)21(23)24/h2-4,9-11,13,15,21,29H,5-8,12H2,1H3,(H,26,30). The first kappa shape index (κ1) is 21.2. The molecule has 0 unspecified atom stereocenters. The topological polar surface area (TPSA) is 89.3 Å². The summed E-state index contributed by atoms with van der Waals surface area (Å²) in [7, 11) is 1.49. The summed E-state index contributed by atoms with van der Waals surface area (Å²) >= 11 is 0. The lowest BCUT2D eigenvalue weighted by molar-refractivity contribution is 0.101. The molecule has 0 saturated heterocycles. The predicted octanol–water partition coefficient (Wildman–Crippen LogP) is 4.35. The van der Waals surface area contributed by atoms with Crippen LogP contribution in [-0.4, -0.2) is 39.5 Å². The lowest BCUT2D eigenvalue weighted by Gasteiger charge is -2.27. The highest BCUT2D eigenvalue weighted by atomic mass is 19.3. The third kappa shape index (κ3) is 4.51. The minimum atomic E-state index is -2.75. The van der Waals surface area contributed by atoms with E-state index in [1.165, 1.54) is 25.3 Å². The van der Waals surface area contributed by atoms with Crippen molar-refractivity contribution in [3.63, 3.8) is 0 Å². The van der Waals surface area contributed by atoms with E-state index in [0.29, 0.717) is 17.4 Å². The Labute approximate surface area is 178 Å². The van der Waals surface area contributed by atoms with Gasteiger partial charge in [-0.15, -0.1) is 0 Å². The number of hydrogen-bond donors (Lipinski definition) is 2. The number of rotatable bonds is 6. The molecule has 2 heterocycles. The second-order valence-corrected chi connectivity index (χ2v) is 7.78. The number of ether oxygens (including phenoxy) is 1. The summed E-state index contributed by atoms with van der Waals surface area (Å²) < 4.78 is 33.1. The monoisotopic (exact) mass is 430 g/mol. The van der Waals surface area contributed by atoms with Crippen molar-refractivity contribution in [1.29, 1.82) is 0 Å². The van der Waals surface area contributed by atoms with E-state index in [4.69, 9.17) is 4.74 Å². The molecule has 1 aliphatic rings. The molecule has 31 heavy (non-hydrogen) atoms. The number of carbonyl (C=O) groups excluding carboxylic acids is 1. The normalized spacial score (nSPS) is 19.0. The Kier molecular flexibility index (Phi) is 6.13. The molecule has 4 rings (SSSR count). The number of hydrogen-bond acceptors (Lipinski definition) is 5. The van der Waals surface area contributed by atoms with Crippen LogP contribution in [0.3, 0.4) is 0 Å². The zero-order chi connectivity index (χ0) is 22.0. The minimum Gasteiger partial charge on any atom is -0.494 e.